The van der Waals surface area contributed by atoms with Crippen molar-refractivity contribution in [2.45, 2.75) is 0 Å². The predicted octanol–water partition coefficient (Wildman–Crippen LogP) is -2.40. The minimum atomic E-state index is 0.365. The molecule has 2 rings (SSSR count). The van der Waals surface area contributed by atoms with Gasteiger partial charge < -0.3 is 0 Å². The van der Waals surface area contributed by atoms with Crippen LogP contribution in [0.5, 0.6) is 0 Å². The second-order valence-electron chi connectivity index (χ2n) is 2.46. The molecule has 7 nitrogen and oxygen atoms in total. The number of aliphatic imine (C=N–C) groups is 1. The Bertz CT molecular complexity index is 210. The van der Waals surface area contributed by atoms with E-state index in [1.807, 2.05) is 5.12 Å². The smallest absolute Gasteiger partial charge is 0.186 e. The molecular weight excluding hydrogens is 160 g/mol. The summed E-state index contributed by atoms with van der Waals surface area (Å²) in [6, 6.07) is 0. The maximum absolute atomic E-state index is 10.3. The van der Waals surface area contributed by atoms with Crippen molar-refractivity contribution < 1.29 is 4.79 Å². The van der Waals surface area contributed by atoms with E-state index < -0.39 is 0 Å². The molecule has 66 valence electrons. The zero-order valence-electron chi connectivity index (χ0n) is 6.45. The fourth-order valence-corrected chi connectivity index (χ4v) is 1.08. The molecule has 0 aromatic heterocycles. The number of nitrogens with one attached hydrogen (secondary N) is 3. The normalized spacial score (nSPS) is 25.5. The molecule has 0 saturated carbocycles. The molecular formula is C5H10N6O. The van der Waals surface area contributed by atoms with Gasteiger partial charge in [0.2, 0.25) is 0 Å². The van der Waals surface area contributed by atoms with Gasteiger partial charge in [0.05, 0.1) is 13.3 Å². The van der Waals surface area contributed by atoms with Crippen molar-refractivity contribution in [1.29, 1.82) is 0 Å². The van der Waals surface area contributed by atoms with Crippen LogP contribution in [0.1, 0.15) is 0 Å². The molecule has 0 amide bonds. The zero-order chi connectivity index (χ0) is 8.39. The van der Waals surface area contributed by atoms with Gasteiger partial charge in [0, 0.05) is 0 Å². The fraction of sp³-hybridized carbons (Fsp3) is 0.600. The van der Waals surface area contributed by atoms with Crippen LogP contribution in [0.2, 0.25) is 0 Å². The number of hydrogen-bond acceptors (Lipinski definition) is 7. The van der Waals surface area contributed by atoms with E-state index >= 15 is 0 Å². The molecule has 0 atom stereocenters. The molecule has 12 heavy (non-hydrogen) atoms. The Morgan fingerprint density at radius 1 is 1.50 bits per heavy atom. The van der Waals surface area contributed by atoms with E-state index in [-0.39, 0.29) is 0 Å². The Balaban J connectivity index is 1.88. The Hall–Kier alpha value is -1.02. The number of hydrazine groups is 3. The highest BCUT2D eigenvalue weighted by molar-refractivity contribution is 6.27. The first-order chi connectivity index (χ1) is 5.90. The van der Waals surface area contributed by atoms with Crippen LogP contribution in [0.15, 0.2) is 4.99 Å². The molecule has 2 heterocycles. The van der Waals surface area contributed by atoms with E-state index in [0.717, 1.165) is 6.67 Å². The Morgan fingerprint density at radius 3 is 3.00 bits per heavy atom. The van der Waals surface area contributed by atoms with Gasteiger partial charge in [0.1, 0.15) is 6.67 Å². The lowest BCUT2D eigenvalue weighted by molar-refractivity contribution is -0.103. The molecule has 0 aromatic rings. The molecule has 0 spiro atoms. The quantitative estimate of drug-likeness (QED) is 0.401. The summed E-state index contributed by atoms with van der Waals surface area (Å²) in [4.78, 5) is 14.2. The standard InChI is InChI=1S/C5H10N6O/c12-1-5-7-4-11(9-5)10-3-6-2-8-10/h1,6,8H,2-4H2,(H,7,9). The third-order valence-electron chi connectivity index (χ3n) is 1.67. The number of carbonyl (C=O) groups excluding carboxylic acids is 1. The van der Waals surface area contributed by atoms with Gasteiger partial charge >= 0.3 is 0 Å². The Morgan fingerprint density at radius 2 is 2.42 bits per heavy atom. The van der Waals surface area contributed by atoms with Gasteiger partial charge in [-0.3, -0.25) is 15.5 Å². The number of amidine groups is 1. The van der Waals surface area contributed by atoms with Crippen molar-refractivity contribution >= 4 is 12.1 Å². The van der Waals surface area contributed by atoms with E-state index in [9.17, 15) is 4.79 Å². The first-order valence-electron chi connectivity index (χ1n) is 3.65. The van der Waals surface area contributed by atoms with E-state index in [1.165, 1.54) is 0 Å². The lowest BCUT2D eigenvalue weighted by Gasteiger charge is -2.24. The zero-order valence-corrected chi connectivity index (χ0v) is 6.45. The molecule has 0 aromatic carbocycles. The van der Waals surface area contributed by atoms with Crippen LogP contribution in [-0.4, -0.2) is 42.4 Å². The van der Waals surface area contributed by atoms with Crippen molar-refractivity contribution in [2.75, 3.05) is 20.0 Å². The molecule has 7 heteroatoms. The first-order valence-corrected chi connectivity index (χ1v) is 3.65. The second kappa shape index (κ2) is 3.15. The summed E-state index contributed by atoms with van der Waals surface area (Å²) in [5.41, 5.74) is 5.86. The fourth-order valence-electron chi connectivity index (χ4n) is 1.08. The van der Waals surface area contributed by atoms with Crippen molar-refractivity contribution in [1.82, 2.24) is 26.4 Å². The molecule has 0 unspecified atom stereocenters. The summed E-state index contributed by atoms with van der Waals surface area (Å²) in [6.07, 6.45) is 0.698. The molecule has 2 aliphatic rings. The SMILES string of the molecule is O=CC1=NCN(N2CNCN2)N1. The van der Waals surface area contributed by atoms with Crippen LogP contribution in [-0.2, 0) is 4.79 Å². The number of nitrogens with zero attached hydrogens (tertiary/aromatic N) is 3. The van der Waals surface area contributed by atoms with Gasteiger partial charge in [-0.1, -0.05) is 0 Å². The minimum Gasteiger partial charge on any atom is -0.294 e. The summed E-state index contributed by atoms with van der Waals surface area (Å²) >= 11 is 0. The third kappa shape index (κ3) is 1.30. The van der Waals surface area contributed by atoms with Crippen molar-refractivity contribution in [3.8, 4) is 0 Å². The summed E-state index contributed by atoms with van der Waals surface area (Å²) in [5.74, 6) is 0.365. The van der Waals surface area contributed by atoms with Crippen LogP contribution < -0.4 is 16.2 Å². The topological polar surface area (TPSA) is 72.0 Å². The molecule has 2 aliphatic heterocycles. The molecule has 3 N–H and O–H groups in total. The van der Waals surface area contributed by atoms with E-state index in [2.05, 4.69) is 21.2 Å². The number of rotatable bonds is 2. The average Bonchev–Trinajstić information content (AvgIpc) is 2.75. The summed E-state index contributed by atoms with van der Waals surface area (Å²) in [5, 5.41) is 6.62. The highest BCUT2D eigenvalue weighted by Crippen LogP contribution is 1.97. The number of carbonyl (C=O) groups is 1. The third-order valence-corrected chi connectivity index (χ3v) is 1.67. The second-order valence-corrected chi connectivity index (χ2v) is 2.46. The molecule has 0 radical (unpaired) electrons. The number of aldehydes is 1. The molecule has 1 saturated heterocycles. The predicted molar refractivity (Wildman–Crippen MR) is 41.2 cm³/mol. The van der Waals surface area contributed by atoms with Gasteiger partial charge in [-0.2, -0.15) is 0 Å². The van der Waals surface area contributed by atoms with Crippen LogP contribution in [0.4, 0.5) is 0 Å². The summed E-state index contributed by atoms with van der Waals surface area (Å²) < 4.78 is 0. The van der Waals surface area contributed by atoms with Crippen molar-refractivity contribution in [2.24, 2.45) is 4.99 Å². The Labute approximate surface area is 69.3 Å². The van der Waals surface area contributed by atoms with Crippen LogP contribution in [0, 0.1) is 0 Å². The largest absolute Gasteiger partial charge is 0.294 e. The lowest BCUT2D eigenvalue weighted by Crippen LogP contribution is -2.52. The lowest BCUT2D eigenvalue weighted by atomic mass is 10.7. The highest BCUT2D eigenvalue weighted by atomic mass is 16.1. The van der Waals surface area contributed by atoms with Crippen LogP contribution in [0.25, 0.3) is 0 Å². The summed E-state index contributed by atoms with van der Waals surface area (Å²) in [6.45, 7) is 1.89. The van der Waals surface area contributed by atoms with E-state index in [4.69, 9.17) is 0 Å². The van der Waals surface area contributed by atoms with E-state index in [0.29, 0.717) is 25.5 Å². The van der Waals surface area contributed by atoms with Crippen molar-refractivity contribution in [3.05, 3.63) is 0 Å². The van der Waals surface area contributed by atoms with Gasteiger partial charge in [0.25, 0.3) is 0 Å². The first kappa shape index (κ1) is 7.62. The van der Waals surface area contributed by atoms with Gasteiger partial charge in [-0.25, -0.2) is 10.4 Å². The minimum absolute atomic E-state index is 0.365. The van der Waals surface area contributed by atoms with E-state index in [1.54, 1.807) is 5.12 Å². The molecule has 0 bridgehead atoms. The molecule has 0 aliphatic carbocycles. The molecule has 1 fully saturated rings. The summed E-state index contributed by atoms with van der Waals surface area (Å²) in [7, 11) is 0. The maximum atomic E-state index is 10.3. The monoisotopic (exact) mass is 170 g/mol. The maximum Gasteiger partial charge on any atom is 0.186 e. The van der Waals surface area contributed by atoms with Gasteiger partial charge in [-0.05, 0) is 0 Å². The highest BCUT2D eigenvalue weighted by Gasteiger charge is 2.22. The van der Waals surface area contributed by atoms with Crippen LogP contribution in [0.3, 0.4) is 0 Å². The van der Waals surface area contributed by atoms with Crippen LogP contribution >= 0.6 is 0 Å². The van der Waals surface area contributed by atoms with Crippen molar-refractivity contribution in [3.63, 3.8) is 0 Å². The Kier molecular flexibility index (Phi) is 2.00. The average molecular weight is 170 g/mol. The van der Waals surface area contributed by atoms with Gasteiger partial charge in [-0.15, -0.1) is 10.2 Å². The number of hydrogen-bond donors (Lipinski definition) is 3. The van der Waals surface area contributed by atoms with Gasteiger partial charge in [0.15, 0.2) is 12.1 Å².